The van der Waals surface area contributed by atoms with Gasteiger partial charge in [-0.25, -0.2) is 0 Å². The molecule has 0 saturated heterocycles. The van der Waals surface area contributed by atoms with E-state index in [4.69, 9.17) is 4.74 Å². The highest BCUT2D eigenvalue weighted by atomic mass is 16.5. The number of nitrogens with one attached hydrogen (secondary N) is 1. The first-order valence-electron chi connectivity index (χ1n) is 38.6. The van der Waals surface area contributed by atoms with Crippen molar-refractivity contribution < 1.29 is 24.5 Å². The van der Waals surface area contributed by atoms with Crippen LogP contribution in [-0.2, 0) is 14.3 Å². The molecule has 3 N–H and O–H groups in total. The number of allylic oxidation sites excluding steroid dienone is 9. The van der Waals surface area contributed by atoms with E-state index in [9.17, 15) is 19.8 Å². The van der Waals surface area contributed by atoms with Crippen molar-refractivity contribution in [3.8, 4) is 0 Å². The fourth-order valence-corrected chi connectivity index (χ4v) is 11.9. The molecule has 0 spiro atoms. The number of hydrogen-bond acceptors (Lipinski definition) is 5. The largest absolute Gasteiger partial charge is 0.466 e. The Morgan fingerprint density at radius 1 is 0.326 bits per heavy atom. The molecule has 0 aliphatic carbocycles. The van der Waals surface area contributed by atoms with E-state index in [0.717, 1.165) is 57.8 Å². The summed E-state index contributed by atoms with van der Waals surface area (Å²) in [6.45, 7) is 4.90. The van der Waals surface area contributed by atoms with Gasteiger partial charge in [-0.05, 0) is 96.3 Å². The van der Waals surface area contributed by atoms with Crippen molar-refractivity contribution in [2.45, 2.75) is 424 Å². The number of aliphatic hydroxyl groups is 2. The molecule has 0 bridgehead atoms. The predicted octanol–water partition coefficient (Wildman–Crippen LogP) is 25.4. The Balaban J connectivity index is 3.40. The highest BCUT2D eigenvalue weighted by molar-refractivity contribution is 5.76. The molecule has 6 heteroatoms. The van der Waals surface area contributed by atoms with E-state index in [-0.39, 0.29) is 18.5 Å². The quantitative estimate of drug-likeness (QED) is 0.0320. The molecule has 0 aromatic carbocycles. The molecule has 0 aromatic rings. The van der Waals surface area contributed by atoms with Gasteiger partial charge in [0.2, 0.25) is 5.91 Å². The molecule has 1 amide bonds. The molecular formula is C80H149NO5. The summed E-state index contributed by atoms with van der Waals surface area (Å²) in [5.41, 5.74) is 0. The third-order valence-electron chi connectivity index (χ3n) is 17.8. The Hall–Kier alpha value is -2.44. The molecule has 0 rings (SSSR count). The van der Waals surface area contributed by atoms with Crippen LogP contribution in [0, 0.1) is 0 Å². The minimum Gasteiger partial charge on any atom is -0.466 e. The number of rotatable bonds is 72. The smallest absolute Gasteiger partial charge is 0.305 e. The summed E-state index contributed by atoms with van der Waals surface area (Å²) >= 11 is 0. The van der Waals surface area contributed by atoms with Crippen LogP contribution in [0.5, 0.6) is 0 Å². The lowest BCUT2D eigenvalue weighted by molar-refractivity contribution is -0.143. The minimum absolute atomic E-state index is 0.00255. The Labute approximate surface area is 537 Å². The first-order valence-corrected chi connectivity index (χ1v) is 38.6. The molecule has 0 radical (unpaired) electrons. The number of carbonyl (C=O) groups excluding carboxylic acids is 2. The average Bonchev–Trinajstić information content (AvgIpc) is 3.55. The van der Waals surface area contributed by atoms with Crippen molar-refractivity contribution in [1.29, 1.82) is 0 Å². The number of unbranched alkanes of at least 4 members (excludes halogenated alkanes) is 53. The molecule has 504 valence electrons. The van der Waals surface area contributed by atoms with Crippen LogP contribution in [-0.4, -0.2) is 47.4 Å². The van der Waals surface area contributed by atoms with Gasteiger partial charge in [-0.1, -0.05) is 364 Å². The minimum atomic E-state index is -0.844. The second-order valence-corrected chi connectivity index (χ2v) is 26.3. The zero-order chi connectivity index (χ0) is 62.0. The maximum absolute atomic E-state index is 12.5. The normalized spacial score (nSPS) is 12.8. The summed E-state index contributed by atoms with van der Waals surface area (Å²) in [5.74, 6) is -0.0600. The summed E-state index contributed by atoms with van der Waals surface area (Å²) in [7, 11) is 0. The Morgan fingerprint density at radius 3 is 0.907 bits per heavy atom. The number of aliphatic hydroxyl groups excluding tert-OH is 2. The lowest BCUT2D eigenvalue weighted by atomic mass is 10.0. The van der Waals surface area contributed by atoms with Crippen LogP contribution in [0.4, 0.5) is 0 Å². The van der Waals surface area contributed by atoms with Gasteiger partial charge < -0.3 is 20.3 Å². The highest BCUT2D eigenvalue weighted by Gasteiger charge is 2.18. The molecule has 0 heterocycles. The second kappa shape index (κ2) is 75.0. The van der Waals surface area contributed by atoms with Crippen molar-refractivity contribution in [2.24, 2.45) is 0 Å². The topological polar surface area (TPSA) is 95.9 Å². The van der Waals surface area contributed by atoms with Crippen LogP contribution in [0.1, 0.15) is 412 Å². The molecule has 2 unspecified atom stereocenters. The highest BCUT2D eigenvalue weighted by Crippen LogP contribution is 2.19. The number of ether oxygens (including phenoxy) is 1. The summed E-state index contributed by atoms with van der Waals surface area (Å²) in [6, 6.07) is -0.628. The third-order valence-corrected chi connectivity index (χ3v) is 17.8. The zero-order valence-electron chi connectivity index (χ0n) is 57.8. The van der Waals surface area contributed by atoms with E-state index in [1.165, 1.54) is 327 Å². The lowest BCUT2D eigenvalue weighted by Gasteiger charge is -2.20. The van der Waals surface area contributed by atoms with Gasteiger partial charge in [0.25, 0.3) is 0 Å². The maximum Gasteiger partial charge on any atom is 0.305 e. The summed E-state index contributed by atoms with van der Waals surface area (Å²) in [4.78, 5) is 24.6. The van der Waals surface area contributed by atoms with Gasteiger partial charge in [-0.3, -0.25) is 9.59 Å². The van der Waals surface area contributed by atoms with E-state index in [1.807, 2.05) is 6.08 Å². The second-order valence-electron chi connectivity index (χ2n) is 26.3. The Morgan fingerprint density at radius 2 is 0.581 bits per heavy atom. The van der Waals surface area contributed by atoms with E-state index in [1.54, 1.807) is 6.08 Å². The molecule has 0 aromatic heterocycles. The first kappa shape index (κ1) is 83.6. The number of carbonyl (C=O) groups is 2. The van der Waals surface area contributed by atoms with Crippen LogP contribution < -0.4 is 5.32 Å². The molecule has 0 aliphatic rings. The summed E-state index contributed by atoms with van der Waals surface area (Å²) in [5, 5.41) is 23.3. The van der Waals surface area contributed by atoms with Crippen molar-refractivity contribution in [1.82, 2.24) is 5.32 Å². The van der Waals surface area contributed by atoms with Crippen LogP contribution in [0.25, 0.3) is 0 Å². The van der Waals surface area contributed by atoms with Crippen LogP contribution in [0.3, 0.4) is 0 Å². The van der Waals surface area contributed by atoms with E-state index >= 15 is 0 Å². The lowest BCUT2D eigenvalue weighted by Crippen LogP contribution is -2.45. The number of amides is 1. The fraction of sp³-hybridized carbons (Fsp3) is 0.850. The van der Waals surface area contributed by atoms with Crippen LogP contribution >= 0.6 is 0 Å². The third kappa shape index (κ3) is 70.6. The van der Waals surface area contributed by atoms with Gasteiger partial charge in [0.05, 0.1) is 25.4 Å². The van der Waals surface area contributed by atoms with Crippen LogP contribution in [0.15, 0.2) is 60.8 Å². The van der Waals surface area contributed by atoms with Crippen molar-refractivity contribution >= 4 is 11.9 Å². The Bertz CT molecular complexity index is 1480. The average molecular weight is 1210 g/mol. The predicted molar refractivity (Wildman–Crippen MR) is 379 cm³/mol. The molecule has 0 fully saturated rings. The SMILES string of the molecule is CCCCC/C=C\C/C=C\CCCCCCCC(=O)OCCCCCCCCCCCCC/C=C\C/C=C\CCCCCCCCCCCCCCCCCCCC(=O)NC(CO)C(O)/C=C/CCCCCCCCCCCCCCCCCCC. The first-order chi connectivity index (χ1) is 42.5. The van der Waals surface area contributed by atoms with E-state index in [0.29, 0.717) is 19.4 Å². The van der Waals surface area contributed by atoms with Gasteiger partial charge in [0.1, 0.15) is 0 Å². The number of esters is 1. The number of hydrogen-bond donors (Lipinski definition) is 3. The standard InChI is InChI=1S/C80H149NO5/c1-3-5-7-9-11-13-15-17-19-20-38-41-45-48-52-56-60-64-68-72-78(83)77(76-82)81-79(84)73-69-65-61-57-53-49-46-42-39-36-34-32-30-28-26-24-22-21-23-25-27-29-31-33-35-37-40-43-47-51-55-59-63-67-71-75-86-80(85)74-70-66-62-58-54-50-44-18-16-14-12-10-8-6-4-2/h12,14,18,23,25,29,31,44,68,72,77-78,82-83H,3-11,13,15-17,19-22,24,26-28,30,32-43,45-67,69-71,73-76H2,1-2H3,(H,81,84)/b14-12-,25-23-,31-29-,44-18-,72-68+. The van der Waals surface area contributed by atoms with Crippen molar-refractivity contribution in [2.75, 3.05) is 13.2 Å². The molecule has 0 aliphatic heterocycles. The van der Waals surface area contributed by atoms with Gasteiger partial charge in [0.15, 0.2) is 0 Å². The van der Waals surface area contributed by atoms with Crippen molar-refractivity contribution in [3.05, 3.63) is 60.8 Å². The van der Waals surface area contributed by atoms with Gasteiger partial charge >= 0.3 is 5.97 Å². The van der Waals surface area contributed by atoms with Crippen LogP contribution in [0.2, 0.25) is 0 Å². The fourth-order valence-electron chi connectivity index (χ4n) is 11.9. The summed E-state index contributed by atoms with van der Waals surface area (Å²) < 4.78 is 5.49. The van der Waals surface area contributed by atoms with Gasteiger partial charge in [0, 0.05) is 12.8 Å². The monoisotopic (exact) mass is 1200 g/mol. The molecule has 0 saturated carbocycles. The van der Waals surface area contributed by atoms with Crippen molar-refractivity contribution in [3.63, 3.8) is 0 Å². The van der Waals surface area contributed by atoms with E-state index < -0.39 is 12.1 Å². The zero-order valence-corrected chi connectivity index (χ0v) is 57.8. The molecule has 2 atom stereocenters. The molecular weight excluding hydrogens is 1050 g/mol. The molecule has 86 heavy (non-hydrogen) atoms. The Kier molecular flexibility index (Phi) is 72.9. The van der Waals surface area contributed by atoms with Gasteiger partial charge in [-0.15, -0.1) is 0 Å². The van der Waals surface area contributed by atoms with E-state index in [2.05, 4.69) is 67.8 Å². The summed E-state index contributed by atoms with van der Waals surface area (Å²) in [6.07, 6.45) is 100. The maximum atomic E-state index is 12.5. The molecule has 6 nitrogen and oxygen atoms in total. The van der Waals surface area contributed by atoms with Gasteiger partial charge in [-0.2, -0.15) is 0 Å².